The van der Waals surface area contributed by atoms with E-state index in [2.05, 4.69) is 10.2 Å². The second-order valence-corrected chi connectivity index (χ2v) is 4.28. The fourth-order valence-electron chi connectivity index (χ4n) is 1.89. The van der Waals surface area contributed by atoms with Gasteiger partial charge in [0.05, 0.1) is 39.8 Å². The molecule has 0 saturated heterocycles. The van der Waals surface area contributed by atoms with Crippen LogP contribution in [0.15, 0.2) is 46.6 Å². The summed E-state index contributed by atoms with van der Waals surface area (Å²) in [5.41, 5.74) is 1.32. The van der Waals surface area contributed by atoms with Crippen LogP contribution in [-0.4, -0.2) is 28.4 Å². The molecule has 0 aliphatic rings. The normalized spacial score (nSPS) is 10.5. The number of ether oxygens (including phenoxy) is 4. The molecule has 6 nitrogen and oxygen atoms in total. The van der Waals surface area contributed by atoms with Gasteiger partial charge in [-0.2, -0.15) is 10.2 Å². The van der Waals surface area contributed by atoms with Crippen molar-refractivity contribution in [2.24, 2.45) is 10.2 Å². The van der Waals surface area contributed by atoms with E-state index in [1.165, 1.54) is 0 Å². The van der Waals surface area contributed by atoms with E-state index in [1.54, 1.807) is 40.6 Å². The van der Waals surface area contributed by atoms with Crippen molar-refractivity contribution >= 4 is 11.4 Å². The van der Waals surface area contributed by atoms with E-state index < -0.39 is 0 Å². The van der Waals surface area contributed by atoms with E-state index in [0.717, 1.165) is 11.4 Å². The van der Waals surface area contributed by atoms with Gasteiger partial charge in [-0.25, -0.2) is 0 Å². The zero-order chi connectivity index (χ0) is 15.9. The molecule has 22 heavy (non-hydrogen) atoms. The number of hydrogen-bond acceptors (Lipinski definition) is 6. The average molecular weight is 302 g/mol. The molecule has 2 rings (SSSR count). The van der Waals surface area contributed by atoms with Gasteiger partial charge >= 0.3 is 0 Å². The van der Waals surface area contributed by atoms with Crippen LogP contribution >= 0.6 is 0 Å². The predicted molar refractivity (Wildman–Crippen MR) is 83.3 cm³/mol. The van der Waals surface area contributed by atoms with E-state index in [-0.39, 0.29) is 0 Å². The Balaban J connectivity index is 2.29. The van der Waals surface area contributed by atoms with Crippen LogP contribution in [0.4, 0.5) is 11.4 Å². The number of hydrogen-bond donors (Lipinski definition) is 0. The van der Waals surface area contributed by atoms with E-state index >= 15 is 0 Å². The summed E-state index contributed by atoms with van der Waals surface area (Å²) in [5.74, 6) is 2.36. The first kappa shape index (κ1) is 15.6. The van der Waals surface area contributed by atoms with Gasteiger partial charge in [-0.15, -0.1) is 0 Å². The van der Waals surface area contributed by atoms with Gasteiger partial charge in [0.15, 0.2) is 11.5 Å². The Bertz CT molecular complexity index is 629. The number of azo groups is 1. The fraction of sp³-hybridized carbons (Fsp3) is 0.250. The molecule has 0 radical (unpaired) electrons. The molecule has 0 unspecified atom stereocenters. The molecular weight excluding hydrogens is 284 g/mol. The van der Waals surface area contributed by atoms with Crippen LogP contribution < -0.4 is 18.9 Å². The summed E-state index contributed by atoms with van der Waals surface area (Å²) < 4.78 is 20.9. The Morgan fingerprint density at radius 1 is 0.636 bits per heavy atom. The second kappa shape index (κ2) is 7.31. The van der Waals surface area contributed by atoms with Crippen molar-refractivity contribution in [2.75, 3.05) is 28.4 Å². The summed E-state index contributed by atoms with van der Waals surface area (Å²) >= 11 is 0. The predicted octanol–water partition coefficient (Wildman–Crippen LogP) is 4.14. The van der Waals surface area contributed by atoms with Gasteiger partial charge in [0.25, 0.3) is 0 Å². The lowest BCUT2D eigenvalue weighted by molar-refractivity contribution is 0.324. The lowest BCUT2D eigenvalue weighted by Gasteiger charge is -2.12. The van der Waals surface area contributed by atoms with E-state index in [9.17, 15) is 0 Å². The molecule has 0 N–H and O–H groups in total. The number of rotatable bonds is 6. The van der Waals surface area contributed by atoms with Gasteiger partial charge < -0.3 is 18.9 Å². The third kappa shape index (κ3) is 3.46. The highest BCUT2D eigenvalue weighted by Gasteiger charge is 2.12. The van der Waals surface area contributed by atoms with Gasteiger partial charge in [-0.3, -0.25) is 0 Å². The van der Waals surface area contributed by atoms with E-state index in [4.69, 9.17) is 18.9 Å². The van der Waals surface area contributed by atoms with Gasteiger partial charge in [-0.1, -0.05) is 0 Å². The molecule has 0 bridgehead atoms. The highest BCUT2D eigenvalue weighted by molar-refractivity contribution is 5.60. The number of benzene rings is 2. The molecule has 6 heteroatoms. The quantitative estimate of drug-likeness (QED) is 0.752. The molecule has 0 aliphatic heterocycles. The largest absolute Gasteiger partial charge is 0.497 e. The molecule has 0 heterocycles. The summed E-state index contributed by atoms with van der Waals surface area (Å²) in [5, 5.41) is 8.37. The maximum absolute atomic E-state index is 5.28. The van der Waals surface area contributed by atoms with Crippen LogP contribution in [-0.2, 0) is 0 Å². The molecule has 0 amide bonds. The van der Waals surface area contributed by atoms with Gasteiger partial charge in [-0.05, 0) is 24.3 Å². The monoisotopic (exact) mass is 302 g/mol. The number of nitrogens with zero attached hydrogens (tertiary/aromatic N) is 2. The van der Waals surface area contributed by atoms with Gasteiger partial charge in [0.1, 0.15) is 5.75 Å². The minimum absolute atomic E-state index is 0.522. The van der Waals surface area contributed by atoms with Crippen molar-refractivity contribution < 1.29 is 18.9 Å². The van der Waals surface area contributed by atoms with E-state index in [1.807, 2.05) is 24.3 Å². The molecule has 0 fully saturated rings. The zero-order valence-corrected chi connectivity index (χ0v) is 13.0. The van der Waals surface area contributed by atoms with Crippen LogP contribution in [0, 0.1) is 0 Å². The fourth-order valence-corrected chi connectivity index (χ4v) is 1.89. The molecule has 2 aromatic carbocycles. The first-order valence-corrected chi connectivity index (χ1v) is 6.57. The molecule has 2 aromatic rings. The standard InChI is InChI=1S/C16H18N2O4/c1-19-13-7-5-11(6-8-13)17-18-12-9-14(20-2)16(22-4)15(10-12)21-3/h5-10H,1-4H3. The van der Waals surface area contributed by atoms with Crippen molar-refractivity contribution in [1.82, 2.24) is 0 Å². The molecule has 0 atom stereocenters. The summed E-state index contributed by atoms with van der Waals surface area (Å²) in [6.07, 6.45) is 0. The van der Waals surface area contributed by atoms with Gasteiger partial charge in [0, 0.05) is 12.1 Å². The Hall–Kier alpha value is -2.76. The van der Waals surface area contributed by atoms with E-state index in [0.29, 0.717) is 22.9 Å². The summed E-state index contributed by atoms with van der Waals surface area (Å²) in [6.45, 7) is 0. The van der Waals surface area contributed by atoms with Crippen molar-refractivity contribution in [3.63, 3.8) is 0 Å². The van der Waals surface area contributed by atoms with Gasteiger partial charge in [0.2, 0.25) is 5.75 Å². The first-order valence-electron chi connectivity index (χ1n) is 6.57. The molecule has 0 aliphatic carbocycles. The third-order valence-electron chi connectivity index (χ3n) is 3.00. The third-order valence-corrected chi connectivity index (χ3v) is 3.00. The average Bonchev–Trinajstić information content (AvgIpc) is 2.59. The molecule has 116 valence electrons. The minimum atomic E-state index is 0.522. The molecule has 0 aromatic heterocycles. The lowest BCUT2D eigenvalue weighted by Crippen LogP contribution is -1.94. The molecule has 0 spiro atoms. The Labute approximate surface area is 129 Å². The molecular formula is C16H18N2O4. The van der Waals surface area contributed by atoms with Crippen molar-refractivity contribution in [1.29, 1.82) is 0 Å². The van der Waals surface area contributed by atoms with Crippen LogP contribution in [0.3, 0.4) is 0 Å². The minimum Gasteiger partial charge on any atom is -0.497 e. The summed E-state index contributed by atoms with van der Waals surface area (Å²) in [6, 6.07) is 10.7. The van der Waals surface area contributed by atoms with Crippen LogP contribution in [0.2, 0.25) is 0 Å². The Kier molecular flexibility index (Phi) is 5.19. The topological polar surface area (TPSA) is 61.6 Å². The van der Waals surface area contributed by atoms with Crippen LogP contribution in [0.25, 0.3) is 0 Å². The van der Waals surface area contributed by atoms with Crippen LogP contribution in [0.5, 0.6) is 23.0 Å². The number of methoxy groups -OCH3 is 4. The summed E-state index contributed by atoms with van der Waals surface area (Å²) in [4.78, 5) is 0. The second-order valence-electron chi connectivity index (χ2n) is 4.28. The maximum Gasteiger partial charge on any atom is 0.203 e. The Morgan fingerprint density at radius 3 is 1.64 bits per heavy atom. The van der Waals surface area contributed by atoms with Crippen molar-refractivity contribution in [3.8, 4) is 23.0 Å². The Morgan fingerprint density at radius 2 is 1.18 bits per heavy atom. The lowest BCUT2D eigenvalue weighted by atomic mass is 10.2. The van der Waals surface area contributed by atoms with Crippen molar-refractivity contribution in [3.05, 3.63) is 36.4 Å². The first-order chi connectivity index (χ1) is 10.7. The SMILES string of the molecule is COc1ccc(N=Nc2cc(OC)c(OC)c(OC)c2)cc1. The highest BCUT2D eigenvalue weighted by atomic mass is 16.5. The van der Waals surface area contributed by atoms with Crippen LogP contribution in [0.1, 0.15) is 0 Å². The maximum atomic E-state index is 5.28. The smallest absolute Gasteiger partial charge is 0.203 e. The zero-order valence-electron chi connectivity index (χ0n) is 13.0. The molecule has 0 saturated carbocycles. The van der Waals surface area contributed by atoms with Crippen molar-refractivity contribution in [2.45, 2.75) is 0 Å². The highest BCUT2D eigenvalue weighted by Crippen LogP contribution is 2.41. The summed E-state index contributed by atoms with van der Waals surface area (Å²) in [7, 11) is 6.29.